The maximum absolute atomic E-state index is 12.0. The molecular weight excluding hydrogens is 272 g/mol. The van der Waals surface area contributed by atoms with E-state index in [4.69, 9.17) is 5.84 Å². The smallest absolute Gasteiger partial charge is 0.243 e. The molecule has 21 heavy (non-hydrogen) atoms. The molecule has 2 rings (SSSR count). The van der Waals surface area contributed by atoms with E-state index in [0.717, 1.165) is 5.56 Å². The van der Waals surface area contributed by atoms with Crippen molar-refractivity contribution in [2.45, 2.75) is 18.9 Å². The molecule has 0 saturated carbocycles. The molecule has 1 fully saturated rings. The predicted octanol–water partition coefficient (Wildman–Crippen LogP) is -0.893. The van der Waals surface area contributed by atoms with Crippen LogP contribution in [0.5, 0.6) is 0 Å². The molecule has 112 valence electrons. The molecule has 0 aliphatic carbocycles. The summed E-state index contributed by atoms with van der Waals surface area (Å²) in [7, 11) is 0. The van der Waals surface area contributed by atoms with E-state index in [1.807, 2.05) is 30.3 Å². The average molecular weight is 290 g/mol. The van der Waals surface area contributed by atoms with Crippen LogP contribution in [-0.2, 0) is 14.4 Å². The van der Waals surface area contributed by atoms with Crippen molar-refractivity contribution in [1.29, 1.82) is 0 Å². The van der Waals surface area contributed by atoms with Crippen molar-refractivity contribution >= 4 is 17.7 Å². The number of rotatable bonds is 4. The number of piperazine rings is 1. The summed E-state index contributed by atoms with van der Waals surface area (Å²) in [5.41, 5.74) is 2.92. The van der Waals surface area contributed by atoms with Crippen molar-refractivity contribution < 1.29 is 14.4 Å². The Bertz CT molecular complexity index is 546. The molecule has 2 unspecified atom stereocenters. The van der Waals surface area contributed by atoms with Crippen LogP contribution < -0.4 is 16.6 Å². The molecule has 7 heteroatoms. The topological polar surface area (TPSA) is 105 Å². The quantitative estimate of drug-likeness (QED) is 0.289. The van der Waals surface area contributed by atoms with Crippen LogP contribution >= 0.6 is 0 Å². The molecular formula is C14H18N4O3. The monoisotopic (exact) mass is 290 g/mol. The number of nitrogens with zero attached hydrogens (tertiary/aromatic N) is 1. The number of benzene rings is 1. The second-order valence-electron chi connectivity index (χ2n) is 4.99. The molecule has 0 spiro atoms. The highest BCUT2D eigenvalue weighted by Crippen LogP contribution is 2.19. The molecule has 1 saturated heterocycles. The Labute approximate surface area is 122 Å². The molecule has 1 aromatic rings. The van der Waals surface area contributed by atoms with Gasteiger partial charge in [-0.3, -0.25) is 30.0 Å². The van der Waals surface area contributed by atoms with Crippen LogP contribution in [0.25, 0.3) is 0 Å². The molecule has 0 bridgehead atoms. The number of amides is 3. The van der Waals surface area contributed by atoms with Crippen molar-refractivity contribution in [3.05, 3.63) is 35.9 Å². The number of imide groups is 1. The number of hydrogen-bond donors (Lipinski definition) is 3. The van der Waals surface area contributed by atoms with E-state index < -0.39 is 12.0 Å². The van der Waals surface area contributed by atoms with Crippen molar-refractivity contribution in [3.63, 3.8) is 0 Å². The number of hydrogen-bond acceptors (Lipinski definition) is 5. The van der Waals surface area contributed by atoms with Crippen molar-refractivity contribution in [2.24, 2.45) is 5.84 Å². The first-order valence-corrected chi connectivity index (χ1v) is 6.66. The Morgan fingerprint density at radius 2 is 2.10 bits per heavy atom. The lowest BCUT2D eigenvalue weighted by atomic mass is 9.96. The van der Waals surface area contributed by atoms with E-state index in [2.05, 4.69) is 10.7 Å². The second kappa shape index (κ2) is 6.47. The van der Waals surface area contributed by atoms with Gasteiger partial charge in [0.05, 0.1) is 18.5 Å². The van der Waals surface area contributed by atoms with Gasteiger partial charge in [-0.15, -0.1) is 0 Å². The molecule has 4 N–H and O–H groups in total. The first kappa shape index (κ1) is 15.1. The summed E-state index contributed by atoms with van der Waals surface area (Å²) in [6, 6.07) is 8.65. The zero-order valence-electron chi connectivity index (χ0n) is 11.7. The molecule has 1 aromatic carbocycles. The molecule has 0 aromatic heterocycles. The highest BCUT2D eigenvalue weighted by atomic mass is 16.2. The maximum Gasteiger partial charge on any atom is 0.243 e. The van der Waals surface area contributed by atoms with Crippen LogP contribution in [0.3, 0.4) is 0 Å². The second-order valence-corrected chi connectivity index (χ2v) is 4.99. The van der Waals surface area contributed by atoms with Crippen LogP contribution in [0.1, 0.15) is 18.4 Å². The average Bonchev–Trinajstić information content (AvgIpc) is 2.49. The van der Waals surface area contributed by atoms with Crippen LogP contribution in [0, 0.1) is 0 Å². The van der Waals surface area contributed by atoms with Crippen molar-refractivity contribution in [2.75, 3.05) is 13.1 Å². The van der Waals surface area contributed by atoms with Crippen LogP contribution in [0.4, 0.5) is 0 Å². The van der Waals surface area contributed by atoms with E-state index in [1.165, 1.54) is 0 Å². The Hall–Kier alpha value is -2.25. The first-order chi connectivity index (χ1) is 10.0. The van der Waals surface area contributed by atoms with Gasteiger partial charge in [-0.25, -0.2) is 5.84 Å². The third-order valence-electron chi connectivity index (χ3n) is 3.61. The van der Waals surface area contributed by atoms with E-state index >= 15 is 0 Å². The fourth-order valence-electron chi connectivity index (χ4n) is 2.35. The molecule has 3 amide bonds. The molecule has 0 radical (unpaired) electrons. The summed E-state index contributed by atoms with van der Waals surface area (Å²) >= 11 is 0. The Morgan fingerprint density at radius 1 is 1.43 bits per heavy atom. The van der Waals surface area contributed by atoms with Crippen LogP contribution in [0.2, 0.25) is 0 Å². The third-order valence-corrected chi connectivity index (χ3v) is 3.61. The van der Waals surface area contributed by atoms with Gasteiger partial charge in [0.25, 0.3) is 0 Å². The van der Waals surface area contributed by atoms with Crippen molar-refractivity contribution in [3.8, 4) is 0 Å². The van der Waals surface area contributed by atoms with Gasteiger partial charge in [-0.2, -0.15) is 0 Å². The van der Waals surface area contributed by atoms with Gasteiger partial charge in [0, 0.05) is 6.54 Å². The van der Waals surface area contributed by atoms with Gasteiger partial charge in [0.15, 0.2) is 0 Å². The zero-order valence-corrected chi connectivity index (χ0v) is 11.7. The lowest BCUT2D eigenvalue weighted by molar-refractivity contribution is -0.140. The van der Waals surface area contributed by atoms with Gasteiger partial charge in [-0.1, -0.05) is 30.3 Å². The predicted molar refractivity (Wildman–Crippen MR) is 75.7 cm³/mol. The summed E-state index contributed by atoms with van der Waals surface area (Å²) in [6.45, 7) is 2.02. The molecule has 1 aliphatic rings. The fraction of sp³-hybridized carbons (Fsp3) is 0.357. The summed E-state index contributed by atoms with van der Waals surface area (Å²) < 4.78 is 0. The number of nitrogens with two attached hydrogens (primary N) is 1. The van der Waals surface area contributed by atoms with E-state index in [1.54, 1.807) is 11.8 Å². The van der Waals surface area contributed by atoms with Crippen LogP contribution in [-0.4, -0.2) is 41.8 Å². The summed E-state index contributed by atoms with van der Waals surface area (Å²) in [5, 5.41) is 2.27. The number of carbonyl (C=O) groups excluding carboxylic acids is 3. The van der Waals surface area contributed by atoms with E-state index in [0.29, 0.717) is 0 Å². The Balaban J connectivity index is 2.21. The normalized spacial score (nSPS) is 20.8. The highest BCUT2D eigenvalue weighted by molar-refractivity contribution is 6.01. The van der Waals surface area contributed by atoms with Crippen molar-refractivity contribution in [1.82, 2.24) is 15.6 Å². The van der Waals surface area contributed by atoms with Gasteiger partial charge in [-0.05, 0) is 12.5 Å². The standard InChI is InChI=1S/C14H18N4O3/c1-9-13(20)16-12(19)8-18(9)7-11(14(21)17-15)10-5-3-2-4-6-10/h2-6,9,11H,7-8,15H2,1H3,(H,17,21)(H,16,19,20). The lowest BCUT2D eigenvalue weighted by Crippen LogP contribution is -2.58. The van der Waals surface area contributed by atoms with Gasteiger partial charge < -0.3 is 0 Å². The van der Waals surface area contributed by atoms with E-state index in [-0.39, 0.29) is 30.8 Å². The summed E-state index contributed by atoms with van der Waals surface area (Å²) in [4.78, 5) is 36.8. The Morgan fingerprint density at radius 3 is 2.71 bits per heavy atom. The molecule has 1 heterocycles. The van der Waals surface area contributed by atoms with Gasteiger partial charge in [0.1, 0.15) is 0 Å². The lowest BCUT2D eigenvalue weighted by Gasteiger charge is -2.33. The molecule has 2 atom stereocenters. The SMILES string of the molecule is CC1C(=O)NC(=O)CN1CC(C(=O)NN)c1ccccc1. The van der Waals surface area contributed by atoms with Gasteiger partial charge >= 0.3 is 0 Å². The molecule has 1 aliphatic heterocycles. The summed E-state index contributed by atoms with van der Waals surface area (Å²) in [5.74, 6) is 3.62. The maximum atomic E-state index is 12.0. The van der Waals surface area contributed by atoms with E-state index in [9.17, 15) is 14.4 Å². The minimum Gasteiger partial charge on any atom is -0.294 e. The largest absolute Gasteiger partial charge is 0.294 e. The first-order valence-electron chi connectivity index (χ1n) is 6.66. The van der Waals surface area contributed by atoms with Crippen LogP contribution in [0.15, 0.2) is 30.3 Å². The number of carbonyl (C=O) groups is 3. The molecule has 7 nitrogen and oxygen atoms in total. The minimum absolute atomic E-state index is 0.0775. The zero-order chi connectivity index (χ0) is 15.4. The number of nitrogens with one attached hydrogen (secondary N) is 2. The summed E-state index contributed by atoms with van der Waals surface area (Å²) in [6.07, 6.45) is 0. The highest BCUT2D eigenvalue weighted by Gasteiger charge is 2.33. The third kappa shape index (κ3) is 3.45. The Kier molecular flexibility index (Phi) is 4.66. The minimum atomic E-state index is -0.544. The number of hydrazine groups is 1. The van der Waals surface area contributed by atoms with Gasteiger partial charge in [0.2, 0.25) is 17.7 Å². The fourth-order valence-corrected chi connectivity index (χ4v) is 2.35.